The molecular weight excluding hydrogens is 291 g/mol. The number of rotatable bonds is 2. The van der Waals surface area contributed by atoms with Crippen LogP contribution in [-0.4, -0.2) is 22.1 Å². The molecule has 0 bridgehead atoms. The number of hydrogen-bond donors (Lipinski definition) is 1. The number of aromatic nitrogens is 3. The molecule has 0 fully saturated rings. The van der Waals surface area contributed by atoms with Gasteiger partial charge in [0.15, 0.2) is 5.82 Å². The minimum atomic E-state index is -0.458. The monoisotopic (exact) mass is 298 g/mol. The van der Waals surface area contributed by atoms with E-state index in [1.54, 1.807) is 18.2 Å². The van der Waals surface area contributed by atoms with Gasteiger partial charge in [-0.3, -0.25) is 0 Å². The average molecular weight is 299 g/mol. The highest BCUT2D eigenvalue weighted by atomic mass is 79.9. The summed E-state index contributed by atoms with van der Waals surface area (Å²) in [6.45, 7) is 0. The maximum Gasteiger partial charge on any atom is 0.321 e. The topological polar surface area (TPSA) is 73.9 Å². The molecule has 0 amide bonds. The molecule has 2 rings (SSSR count). The lowest BCUT2D eigenvalue weighted by atomic mass is 10.2. The van der Waals surface area contributed by atoms with Gasteiger partial charge in [0.2, 0.25) is 5.95 Å². The Bertz CT molecular complexity index is 564. The molecule has 0 radical (unpaired) electrons. The first-order chi connectivity index (χ1) is 8.11. The van der Waals surface area contributed by atoms with E-state index in [1.807, 2.05) is 0 Å². The number of nitrogen functional groups attached to an aromatic ring is 1. The van der Waals surface area contributed by atoms with Crippen LogP contribution in [0.2, 0.25) is 0 Å². The van der Waals surface area contributed by atoms with Crippen molar-refractivity contribution in [3.63, 3.8) is 0 Å². The van der Waals surface area contributed by atoms with Crippen molar-refractivity contribution in [3.8, 4) is 17.4 Å². The molecule has 2 N–H and O–H groups in total. The second kappa shape index (κ2) is 4.62. The van der Waals surface area contributed by atoms with Crippen LogP contribution in [0.15, 0.2) is 22.7 Å². The molecule has 1 aromatic carbocycles. The Morgan fingerprint density at radius 1 is 1.29 bits per heavy atom. The Hall–Kier alpha value is -1.76. The van der Waals surface area contributed by atoms with Crippen molar-refractivity contribution in [1.29, 1.82) is 0 Å². The zero-order valence-electron chi connectivity index (χ0n) is 8.82. The molecule has 0 spiro atoms. The van der Waals surface area contributed by atoms with Gasteiger partial charge in [-0.25, -0.2) is 4.39 Å². The van der Waals surface area contributed by atoms with Gasteiger partial charge in [-0.2, -0.15) is 15.0 Å². The summed E-state index contributed by atoms with van der Waals surface area (Å²) in [6, 6.07) is 4.86. The summed E-state index contributed by atoms with van der Waals surface area (Å²) in [5.41, 5.74) is 5.71. The molecule has 5 nitrogen and oxygen atoms in total. The van der Waals surface area contributed by atoms with Crippen molar-refractivity contribution in [2.75, 3.05) is 12.8 Å². The lowest BCUT2D eigenvalue weighted by molar-refractivity contribution is 0.379. The van der Waals surface area contributed by atoms with Gasteiger partial charge in [0.25, 0.3) is 0 Å². The number of methoxy groups -OCH3 is 1. The van der Waals surface area contributed by atoms with Crippen LogP contribution in [-0.2, 0) is 0 Å². The van der Waals surface area contributed by atoms with Crippen molar-refractivity contribution < 1.29 is 9.13 Å². The van der Waals surface area contributed by atoms with Crippen LogP contribution in [0.1, 0.15) is 0 Å². The molecule has 0 aliphatic rings. The number of benzene rings is 1. The number of ether oxygens (including phenoxy) is 1. The van der Waals surface area contributed by atoms with Gasteiger partial charge in [-0.15, -0.1) is 0 Å². The Labute approximate surface area is 105 Å². The number of hydrogen-bond acceptors (Lipinski definition) is 5. The molecule has 0 atom stereocenters. The molecule has 0 saturated heterocycles. The van der Waals surface area contributed by atoms with Crippen LogP contribution in [0.5, 0.6) is 6.01 Å². The van der Waals surface area contributed by atoms with E-state index in [0.29, 0.717) is 4.47 Å². The van der Waals surface area contributed by atoms with E-state index in [1.165, 1.54) is 7.11 Å². The van der Waals surface area contributed by atoms with E-state index >= 15 is 0 Å². The second-order valence-electron chi connectivity index (χ2n) is 3.11. The van der Waals surface area contributed by atoms with Crippen LogP contribution >= 0.6 is 15.9 Å². The third-order valence-electron chi connectivity index (χ3n) is 2.01. The fourth-order valence-corrected chi connectivity index (χ4v) is 1.63. The largest absolute Gasteiger partial charge is 0.467 e. The van der Waals surface area contributed by atoms with E-state index in [2.05, 4.69) is 30.9 Å². The Kier molecular flexibility index (Phi) is 3.19. The second-order valence-corrected chi connectivity index (χ2v) is 3.96. The van der Waals surface area contributed by atoms with Gasteiger partial charge >= 0.3 is 6.01 Å². The third kappa shape index (κ3) is 2.33. The highest BCUT2D eigenvalue weighted by Gasteiger charge is 2.13. The van der Waals surface area contributed by atoms with Gasteiger partial charge < -0.3 is 10.5 Å². The van der Waals surface area contributed by atoms with E-state index < -0.39 is 5.82 Å². The predicted molar refractivity (Wildman–Crippen MR) is 63.9 cm³/mol. The molecule has 88 valence electrons. The van der Waals surface area contributed by atoms with Crippen LogP contribution in [0, 0.1) is 5.82 Å². The summed E-state index contributed by atoms with van der Waals surface area (Å²) in [5.74, 6) is -0.348. The van der Waals surface area contributed by atoms with E-state index in [9.17, 15) is 4.39 Å². The van der Waals surface area contributed by atoms with Crippen LogP contribution in [0.4, 0.5) is 10.3 Å². The first-order valence-corrected chi connectivity index (χ1v) is 5.41. The molecular formula is C10H8BrFN4O. The number of nitrogens with zero attached hydrogens (tertiary/aromatic N) is 3. The molecule has 1 heterocycles. The number of nitrogens with two attached hydrogens (primary N) is 1. The van der Waals surface area contributed by atoms with Crippen LogP contribution < -0.4 is 10.5 Å². The third-order valence-corrected chi connectivity index (χ3v) is 2.62. The minimum Gasteiger partial charge on any atom is -0.467 e. The van der Waals surface area contributed by atoms with Crippen molar-refractivity contribution in [2.45, 2.75) is 0 Å². The zero-order chi connectivity index (χ0) is 12.4. The van der Waals surface area contributed by atoms with Gasteiger partial charge in [-0.1, -0.05) is 6.07 Å². The Morgan fingerprint density at radius 2 is 2.06 bits per heavy atom. The summed E-state index contributed by atoms with van der Waals surface area (Å²) in [5, 5.41) is 0. The highest BCUT2D eigenvalue weighted by Crippen LogP contribution is 2.26. The normalized spacial score (nSPS) is 10.3. The first kappa shape index (κ1) is 11.7. The maximum absolute atomic E-state index is 13.8. The van der Waals surface area contributed by atoms with Gasteiger partial charge in [0.05, 0.1) is 17.1 Å². The van der Waals surface area contributed by atoms with Crippen LogP contribution in [0.25, 0.3) is 11.4 Å². The summed E-state index contributed by atoms with van der Waals surface area (Å²) >= 11 is 3.09. The summed E-state index contributed by atoms with van der Waals surface area (Å²) in [7, 11) is 1.40. The average Bonchev–Trinajstić information content (AvgIpc) is 2.31. The molecule has 0 saturated carbocycles. The smallest absolute Gasteiger partial charge is 0.321 e. The fourth-order valence-electron chi connectivity index (χ4n) is 1.26. The van der Waals surface area contributed by atoms with E-state index in [0.717, 1.165) is 0 Å². The molecule has 0 aliphatic carbocycles. The standard InChI is InChI=1S/C10H8BrFN4O/c1-17-10-15-8(14-9(13)16-10)5-3-2-4-6(11)7(5)12/h2-4H,1H3,(H2,13,14,15,16). The zero-order valence-corrected chi connectivity index (χ0v) is 10.4. The van der Waals surface area contributed by atoms with Crippen molar-refractivity contribution in [3.05, 3.63) is 28.5 Å². The fraction of sp³-hybridized carbons (Fsp3) is 0.100. The Morgan fingerprint density at radius 3 is 2.76 bits per heavy atom. The molecule has 0 unspecified atom stereocenters. The molecule has 2 aromatic rings. The quantitative estimate of drug-likeness (QED) is 0.918. The highest BCUT2D eigenvalue weighted by molar-refractivity contribution is 9.10. The van der Waals surface area contributed by atoms with Crippen LogP contribution in [0.3, 0.4) is 0 Å². The van der Waals surface area contributed by atoms with E-state index in [-0.39, 0.29) is 23.3 Å². The first-order valence-electron chi connectivity index (χ1n) is 4.61. The maximum atomic E-state index is 13.8. The Balaban J connectivity index is 2.60. The van der Waals surface area contributed by atoms with Gasteiger partial charge in [0.1, 0.15) is 5.82 Å². The lowest BCUT2D eigenvalue weighted by Gasteiger charge is -2.05. The molecule has 1 aromatic heterocycles. The molecule has 17 heavy (non-hydrogen) atoms. The SMILES string of the molecule is COc1nc(N)nc(-c2cccc(Br)c2F)n1. The molecule has 0 aliphatic heterocycles. The van der Waals surface area contributed by atoms with E-state index in [4.69, 9.17) is 10.5 Å². The summed E-state index contributed by atoms with van der Waals surface area (Å²) in [4.78, 5) is 11.5. The summed E-state index contributed by atoms with van der Waals surface area (Å²) < 4.78 is 19.0. The predicted octanol–water partition coefficient (Wildman–Crippen LogP) is 2.03. The van der Waals surface area contributed by atoms with Gasteiger partial charge in [0, 0.05) is 0 Å². The van der Waals surface area contributed by atoms with Crippen molar-refractivity contribution in [2.24, 2.45) is 0 Å². The number of anilines is 1. The lowest BCUT2D eigenvalue weighted by Crippen LogP contribution is -2.03. The van der Waals surface area contributed by atoms with Crippen molar-refractivity contribution in [1.82, 2.24) is 15.0 Å². The minimum absolute atomic E-state index is 0.0220. The number of halogens is 2. The van der Waals surface area contributed by atoms with Crippen molar-refractivity contribution >= 4 is 21.9 Å². The molecule has 7 heteroatoms. The van der Waals surface area contributed by atoms with Gasteiger partial charge in [-0.05, 0) is 28.1 Å². The summed E-state index contributed by atoms with van der Waals surface area (Å²) in [6.07, 6.45) is 0.